The summed E-state index contributed by atoms with van der Waals surface area (Å²) in [5, 5.41) is 5.08. The van der Waals surface area contributed by atoms with Gasteiger partial charge in [0.05, 0.1) is 31.7 Å². The molecule has 1 aromatic heterocycles. The van der Waals surface area contributed by atoms with Crippen LogP contribution >= 0.6 is 0 Å². The molecule has 11 heteroatoms. The van der Waals surface area contributed by atoms with Crippen molar-refractivity contribution in [3.8, 4) is 11.5 Å². The second-order valence-corrected chi connectivity index (χ2v) is 6.75. The number of furan rings is 1. The Bertz CT molecular complexity index is 1200. The summed E-state index contributed by atoms with van der Waals surface area (Å²) in [6.45, 7) is -0.615. The highest BCUT2D eigenvalue weighted by Crippen LogP contribution is 2.34. The first-order valence-corrected chi connectivity index (χ1v) is 9.80. The number of hydrogen-bond acceptors (Lipinski definition) is 8. The predicted octanol–water partition coefficient (Wildman–Crippen LogP) is 2.44. The third kappa shape index (κ3) is 5.71. The standard InChI is InChI=1S/C23H21N3O8/c1-31-18-10-15(16(11-19(18)32-2)26-22(29)17-4-3-9-33-17)23(30)34-12-20(27)25-14-7-5-13(6-8-14)21(24)28/h3-11H,12H2,1-2H3,(H2,24,28)(H,25,27)(H,26,29). The molecule has 0 bridgehead atoms. The van der Waals surface area contributed by atoms with Gasteiger partial charge in [0.15, 0.2) is 23.9 Å². The maximum atomic E-state index is 12.8. The lowest BCUT2D eigenvalue weighted by Crippen LogP contribution is -2.22. The minimum Gasteiger partial charge on any atom is -0.493 e. The number of primary amides is 1. The Labute approximate surface area is 193 Å². The number of ether oxygens (including phenoxy) is 3. The van der Waals surface area contributed by atoms with E-state index < -0.39 is 30.3 Å². The zero-order chi connectivity index (χ0) is 24.7. The van der Waals surface area contributed by atoms with Crippen molar-refractivity contribution in [2.75, 3.05) is 31.5 Å². The summed E-state index contributed by atoms with van der Waals surface area (Å²) in [6.07, 6.45) is 1.33. The first-order valence-electron chi connectivity index (χ1n) is 9.80. The fraction of sp³-hybridized carbons (Fsp3) is 0.130. The summed E-state index contributed by atoms with van der Waals surface area (Å²) in [5.41, 5.74) is 5.82. The van der Waals surface area contributed by atoms with Gasteiger partial charge in [-0.25, -0.2) is 4.79 Å². The third-order valence-electron chi connectivity index (χ3n) is 4.52. The van der Waals surface area contributed by atoms with Crippen molar-refractivity contribution in [1.82, 2.24) is 0 Å². The summed E-state index contributed by atoms with van der Waals surface area (Å²) in [6, 6.07) is 11.6. The molecule has 1 heterocycles. The smallest absolute Gasteiger partial charge is 0.340 e. The summed E-state index contributed by atoms with van der Waals surface area (Å²) in [7, 11) is 2.78. The minimum absolute atomic E-state index is 0.0239. The van der Waals surface area contributed by atoms with Crippen LogP contribution in [0.5, 0.6) is 11.5 Å². The summed E-state index contributed by atoms with van der Waals surface area (Å²) in [4.78, 5) is 48.5. The van der Waals surface area contributed by atoms with Gasteiger partial charge in [-0.2, -0.15) is 0 Å². The number of carbonyl (C=O) groups is 4. The maximum absolute atomic E-state index is 12.8. The SMILES string of the molecule is COc1cc(NC(=O)c2ccco2)c(C(=O)OCC(=O)Nc2ccc(C(N)=O)cc2)cc1OC. The fourth-order valence-corrected chi connectivity index (χ4v) is 2.87. The first-order chi connectivity index (χ1) is 16.3. The number of esters is 1. The topological polar surface area (TPSA) is 159 Å². The molecular formula is C23H21N3O8. The number of hydrogen-bond donors (Lipinski definition) is 3. The zero-order valence-electron chi connectivity index (χ0n) is 18.2. The molecule has 0 spiro atoms. The van der Waals surface area contributed by atoms with Crippen molar-refractivity contribution in [1.29, 1.82) is 0 Å². The van der Waals surface area contributed by atoms with E-state index in [1.807, 2.05) is 0 Å². The Balaban J connectivity index is 1.73. The lowest BCUT2D eigenvalue weighted by molar-refractivity contribution is -0.119. The average Bonchev–Trinajstić information content (AvgIpc) is 3.38. The van der Waals surface area contributed by atoms with Crippen LogP contribution in [0.2, 0.25) is 0 Å². The molecule has 4 N–H and O–H groups in total. The molecule has 0 atom stereocenters. The van der Waals surface area contributed by atoms with Crippen LogP contribution in [-0.4, -0.2) is 44.5 Å². The van der Waals surface area contributed by atoms with Crippen LogP contribution < -0.4 is 25.8 Å². The van der Waals surface area contributed by atoms with Gasteiger partial charge in [-0.15, -0.1) is 0 Å². The van der Waals surface area contributed by atoms with Gasteiger partial charge in [-0.05, 0) is 36.4 Å². The molecule has 3 aromatic rings. The van der Waals surface area contributed by atoms with E-state index in [1.165, 1.54) is 62.9 Å². The van der Waals surface area contributed by atoms with Crippen molar-refractivity contribution in [3.63, 3.8) is 0 Å². The second kappa shape index (κ2) is 10.7. The lowest BCUT2D eigenvalue weighted by Gasteiger charge is -2.15. The molecule has 0 aliphatic carbocycles. The van der Waals surface area contributed by atoms with Gasteiger partial charge < -0.3 is 35.0 Å². The first kappa shape index (κ1) is 23.9. The molecule has 3 amide bonds. The van der Waals surface area contributed by atoms with Gasteiger partial charge in [-0.1, -0.05) is 0 Å². The molecule has 0 saturated heterocycles. The van der Waals surface area contributed by atoms with E-state index in [4.69, 9.17) is 24.4 Å². The van der Waals surface area contributed by atoms with E-state index in [9.17, 15) is 19.2 Å². The third-order valence-corrected chi connectivity index (χ3v) is 4.52. The normalized spacial score (nSPS) is 10.2. The number of rotatable bonds is 9. The quantitative estimate of drug-likeness (QED) is 0.405. The molecule has 0 unspecified atom stereocenters. The Kier molecular flexibility index (Phi) is 7.49. The van der Waals surface area contributed by atoms with Crippen molar-refractivity contribution in [3.05, 3.63) is 71.7 Å². The zero-order valence-corrected chi connectivity index (χ0v) is 18.2. The van der Waals surface area contributed by atoms with E-state index >= 15 is 0 Å². The van der Waals surface area contributed by atoms with Gasteiger partial charge >= 0.3 is 5.97 Å². The predicted molar refractivity (Wildman–Crippen MR) is 120 cm³/mol. The summed E-state index contributed by atoms with van der Waals surface area (Å²) < 4.78 is 20.6. The number of anilines is 2. The van der Waals surface area contributed by atoms with Crippen molar-refractivity contribution < 1.29 is 37.8 Å². The monoisotopic (exact) mass is 467 g/mol. The number of nitrogens with two attached hydrogens (primary N) is 1. The number of carbonyl (C=O) groups excluding carboxylic acids is 4. The van der Waals surface area contributed by atoms with Crippen molar-refractivity contribution >= 4 is 35.1 Å². The molecule has 34 heavy (non-hydrogen) atoms. The molecule has 0 fully saturated rings. The maximum Gasteiger partial charge on any atom is 0.340 e. The Morgan fingerprint density at radius 1 is 0.941 bits per heavy atom. The second-order valence-electron chi connectivity index (χ2n) is 6.75. The minimum atomic E-state index is -0.894. The Morgan fingerprint density at radius 3 is 2.21 bits per heavy atom. The molecule has 0 aliphatic rings. The molecule has 0 aliphatic heterocycles. The van der Waals surface area contributed by atoms with E-state index in [-0.39, 0.29) is 34.1 Å². The van der Waals surface area contributed by atoms with Gasteiger partial charge in [0.2, 0.25) is 5.91 Å². The van der Waals surface area contributed by atoms with Crippen molar-refractivity contribution in [2.45, 2.75) is 0 Å². The molecule has 3 rings (SSSR count). The van der Waals surface area contributed by atoms with Gasteiger partial charge in [-0.3, -0.25) is 14.4 Å². The van der Waals surface area contributed by atoms with Gasteiger partial charge in [0.25, 0.3) is 11.8 Å². The molecular weight excluding hydrogens is 446 g/mol. The summed E-state index contributed by atoms with van der Waals surface area (Å²) >= 11 is 0. The van der Waals surface area contributed by atoms with Crippen LogP contribution in [0.3, 0.4) is 0 Å². The molecule has 176 valence electrons. The van der Waals surface area contributed by atoms with Gasteiger partial charge in [0.1, 0.15) is 0 Å². The molecule has 0 radical (unpaired) electrons. The Hall–Kier alpha value is -4.80. The van der Waals surface area contributed by atoms with Gasteiger partial charge in [0, 0.05) is 23.4 Å². The largest absolute Gasteiger partial charge is 0.493 e. The van der Waals surface area contributed by atoms with Crippen LogP contribution in [0.15, 0.2) is 59.2 Å². The highest BCUT2D eigenvalue weighted by molar-refractivity contribution is 6.07. The molecule has 0 saturated carbocycles. The number of amides is 3. The lowest BCUT2D eigenvalue weighted by atomic mass is 10.1. The van der Waals surface area contributed by atoms with Crippen LogP contribution in [0, 0.1) is 0 Å². The highest BCUT2D eigenvalue weighted by Gasteiger charge is 2.22. The highest BCUT2D eigenvalue weighted by atomic mass is 16.5. The van der Waals surface area contributed by atoms with E-state index in [1.54, 1.807) is 6.07 Å². The van der Waals surface area contributed by atoms with Crippen molar-refractivity contribution in [2.24, 2.45) is 5.73 Å². The van der Waals surface area contributed by atoms with Crippen LogP contribution in [0.4, 0.5) is 11.4 Å². The van der Waals surface area contributed by atoms with E-state index in [0.29, 0.717) is 5.69 Å². The van der Waals surface area contributed by atoms with Crippen LogP contribution in [0.1, 0.15) is 31.3 Å². The number of nitrogens with one attached hydrogen (secondary N) is 2. The summed E-state index contributed by atoms with van der Waals surface area (Å²) in [5.74, 6) is -2.23. The fourth-order valence-electron chi connectivity index (χ4n) is 2.87. The van der Waals surface area contributed by atoms with Crippen LogP contribution in [-0.2, 0) is 9.53 Å². The van der Waals surface area contributed by atoms with E-state index in [2.05, 4.69) is 10.6 Å². The Morgan fingerprint density at radius 2 is 1.62 bits per heavy atom. The molecule has 11 nitrogen and oxygen atoms in total. The number of benzene rings is 2. The van der Waals surface area contributed by atoms with E-state index in [0.717, 1.165) is 0 Å². The number of methoxy groups -OCH3 is 2. The van der Waals surface area contributed by atoms with Crippen LogP contribution in [0.25, 0.3) is 0 Å². The average molecular weight is 467 g/mol. The molecule has 2 aromatic carbocycles.